The zero-order valence-corrected chi connectivity index (χ0v) is 15.9. The second kappa shape index (κ2) is 8.58. The summed E-state index contributed by atoms with van der Waals surface area (Å²) in [5.41, 5.74) is 3.91. The summed E-state index contributed by atoms with van der Waals surface area (Å²) in [6.07, 6.45) is 0.371. The van der Waals surface area contributed by atoms with E-state index in [-0.39, 0.29) is 0 Å². The molecule has 140 valence electrons. The zero-order valence-electron chi connectivity index (χ0n) is 15.9. The van der Waals surface area contributed by atoms with E-state index in [1.807, 2.05) is 44.2 Å². The van der Waals surface area contributed by atoms with Crippen molar-refractivity contribution < 1.29 is 19.0 Å². The number of benzene rings is 2. The van der Waals surface area contributed by atoms with Gasteiger partial charge in [-0.25, -0.2) is 10.6 Å². The molecule has 0 spiro atoms. The Morgan fingerprint density at radius 1 is 1.00 bits per heavy atom. The van der Waals surface area contributed by atoms with Gasteiger partial charge >= 0.3 is 5.97 Å². The summed E-state index contributed by atoms with van der Waals surface area (Å²) in [5.74, 6) is 7.11. The number of carbonyl (C=O) groups is 1. The fourth-order valence-electron chi connectivity index (χ4n) is 2.73. The molecule has 0 aliphatic rings. The number of aryl methyl sites for hydroxylation is 2. The van der Waals surface area contributed by atoms with Crippen molar-refractivity contribution in [3.8, 4) is 11.5 Å². The van der Waals surface area contributed by atoms with Gasteiger partial charge < -0.3 is 14.2 Å². The largest absolute Gasteiger partial charge is 0.493 e. The number of nitrogens with two attached hydrogens (primary N) is 1. The predicted octanol–water partition coefficient (Wildman–Crippen LogP) is 2.79. The molecule has 0 aliphatic carbocycles. The average Bonchev–Trinajstić information content (AvgIpc) is 2.66. The average molecular weight is 358 g/mol. The van der Waals surface area contributed by atoms with Crippen LogP contribution in [0.1, 0.15) is 16.7 Å². The summed E-state index contributed by atoms with van der Waals surface area (Å²) in [5, 5.41) is 1.45. The molecular weight excluding hydrogens is 332 g/mol. The van der Waals surface area contributed by atoms with Crippen molar-refractivity contribution in [1.29, 1.82) is 0 Å². The number of methoxy groups -OCH3 is 3. The van der Waals surface area contributed by atoms with Gasteiger partial charge in [0.15, 0.2) is 11.5 Å². The lowest BCUT2D eigenvalue weighted by molar-refractivity contribution is -0.142. The van der Waals surface area contributed by atoms with Crippen LogP contribution < -0.4 is 20.3 Å². The van der Waals surface area contributed by atoms with Gasteiger partial charge in [-0.2, -0.15) is 0 Å². The lowest BCUT2D eigenvalue weighted by atomic mass is 10.0. The first-order valence-corrected chi connectivity index (χ1v) is 8.31. The maximum atomic E-state index is 12.4. The minimum Gasteiger partial charge on any atom is -0.493 e. The van der Waals surface area contributed by atoms with Crippen molar-refractivity contribution in [3.05, 3.63) is 53.1 Å². The molecule has 0 bridgehead atoms. The molecule has 0 fully saturated rings. The van der Waals surface area contributed by atoms with E-state index in [1.165, 1.54) is 12.1 Å². The van der Waals surface area contributed by atoms with Gasteiger partial charge in [0.2, 0.25) is 0 Å². The normalized spacial score (nSPS) is 11.6. The maximum absolute atomic E-state index is 12.4. The van der Waals surface area contributed by atoms with Crippen LogP contribution >= 0.6 is 0 Å². The molecule has 0 saturated carbocycles. The Labute approximate surface area is 154 Å². The van der Waals surface area contributed by atoms with Crippen molar-refractivity contribution in [2.75, 3.05) is 26.3 Å². The summed E-state index contributed by atoms with van der Waals surface area (Å²) in [6, 6.07) is 10.7. The lowest BCUT2D eigenvalue weighted by Crippen LogP contribution is -2.48. The van der Waals surface area contributed by atoms with Crippen molar-refractivity contribution in [2.24, 2.45) is 5.84 Å². The van der Waals surface area contributed by atoms with Crippen LogP contribution in [-0.4, -0.2) is 33.3 Å². The van der Waals surface area contributed by atoms with E-state index in [9.17, 15) is 4.79 Å². The highest BCUT2D eigenvalue weighted by Gasteiger charge is 2.26. The van der Waals surface area contributed by atoms with E-state index in [0.29, 0.717) is 17.9 Å². The molecule has 0 aromatic heterocycles. The molecule has 2 aromatic rings. The van der Waals surface area contributed by atoms with Crippen LogP contribution in [0.2, 0.25) is 0 Å². The van der Waals surface area contributed by atoms with Gasteiger partial charge in [0.1, 0.15) is 6.04 Å². The highest BCUT2D eigenvalue weighted by Crippen LogP contribution is 2.29. The van der Waals surface area contributed by atoms with Crippen molar-refractivity contribution in [2.45, 2.75) is 26.3 Å². The van der Waals surface area contributed by atoms with Crippen LogP contribution in [0, 0.1) is 13.8 Å². The van der Waals surface area contributed by atoms with Gasteiger partial charge in [-0.05, 0) is 54.8 Å². The van der Waals surface area contributed by atoms with E-state index in [4.69, 9.17) is 20.1 Å². The number of carbonyl (C=O) groups excluding carboxylic acids is 1. The third-order valence-corrected chi connectivity index (χ3v) is 4.47. The molecule has 0 aliphatic heterocycles. The Kier molecular flexibility index (Phi) is 6.46. The molecule has 1 atom stereocenters. The van der Waals surface area contributed by atoms with E-state index in [0.717, 1.165) is 22.4 Å². The summed E-state index contributed by atoms with van der Waals surface area (Å²) >= 11 is 0. The molecular formula is C20H26N2O4. The van der Waals surface area contributed by atoms with Crippen molar-refractivity contribution in [1.82, 2.24) is 0 Å². The van der Waals surface area contributed by atoms with Crippen LogP contribution in [0.5, 0.6) is 11.5 Å². The predicted molar refractivity (Wildman–Crippen MR) is 102 cm³/mol. The van der Waals surface area contributed by atoms with Crippen molar-refractivity contribution in [3.63, 3.8) is 0 Å². The molecule has 0 radical (unpaired) electrons. The quantitative estimate of drug-likeness (QED) is 0.466. The fraction of sp³-hybridized carbons (Fsp3) is 0.350. The van der Waals surface area contributed by atoms with Crippen molar-refractivity contribution >= 4 is 11.7 Å². The molecule has 6 nitrogen and oxygen atoms in total. The first-order valence-electron chi connectivity index (χ1n) is 8.31. The van der Waals surface area contributed by atoms with Gasteiger partial charge in [0.25, 0.3) is 0 Å². The molecule has 26 heavy (non-hydrogen) atoms. The molecule has 1 unspecified atom stereocenters. The zero-order chi connectivity index (χ0) is 19.3. The van der Waals surface area contributed by atoms with Crippen LogP contribution in [-0.2, 0) is 16.0 Å². The molecule has 2 rings (SSSR count). The monoisotopic (exact) mass is 358 g/mol. The Morgan fingerprint density at radius 3 is 2.27 bits per heavy atom. The highest BCUT2D eigenvalue weighted by atomic mass is 16.5. The number of hydrazine groups is 1. The highest BCUT2D eigenvalue weighted by molar-refractivity contribution is 5.80. The summed E-state index contributed by atoms with van der Waals surface area (Å²) < 4.78 is 15.6. The topological polar surface area (TPSA) is 74.0 Å². The number of hydrogen-bond donors (Lipinski definition) is 1. The Morgan fingerprint density at radius 2 is 1.69 bits per heavy atom. The number of rotatable bonds is 7. The van der Waals surface area contributed by atoms with Gasteiger partial charge in [0.05, 0.1) is 27.0 Å². The van der Waals surface area contributed by atoms with E-state index in [2.05, 4.69) is 0 Å². The minimum atomic E-state index is -0.666. The molecule has 2 aromatic carbocycles. The first-order chi connectivity index (χ1) is 12.4. The van der Waals surface area contributed by atoms with Gasteiger partial charge in [-0.1, -0.05) is 12.1 Å². The molecule has 0 heterocycles. The standard InChI is InChI=1S/C20H26N2O4/c1-13-6-8-16(10-14(13)2)22(21)17(20(23)26-5)11-15-7-9-18(24-3)19(12-15)25-4/h6-10,12,17H,11,21H2,1-5H3. The van der Waals surface area contributed by atoms with E-state index in [1.54, 1.807) is 20.3 Å². The Bertz CT molecular complexity index is 776. The van der Waals surface area contributed by atoms with Crippen LogP contribution in [0.3, 0.4) is 0 Å². The first kappa shape index (κ1) is 19.6. The number of nitrogens with zero attached hydrogens (tertiary/aromatic N) is 1. The lowest BCUT2D eigenvalue weighted by Gasteiger charge is -2.28. The van der Waals surface area contributed by atoms with Gasteiger partial charge in [-0.3, -0.25) is 5.01 Å². The third kappa shape index (κ3) is 4.26. The second-order valence-electron chi connectivity index (χ2n) is 6.11. The Hall–Kier alpha value is -2.73. The number of esters is 1. The van der Waals surface area contributed by atoms with E-state index >= 15 is 0 Å². The van der Waals surface area contributed by atoms with Gasteiger partial charge in [0, 0.05) is 6.42 Å². The number of hydrogen-bond acceptors (Lipinski definition) is 6. The maximum Gasteiger partial charge on any atom is 0.330 e. The minimum absolute atomic E-state index is 0.371. The summed E-state index contributed by atoms with van der Waals surface area (Å²) in [4.78, 5) is 12.4. The molecule has 6 heteroatoms. The molecule has 0 saturated heterocycles. The molecule has 0 amide bonds. The van der Waals surface area contributed by atoms with Crippen LogP contribution in [0.25, 0.3) is 0 Å². The Balaban J connectivity index is 2.32. The number of anilines is 1. The van der Waals surface area contributed by atoms with Gasteiger partial charge in [-0.15, -0.1) is 0 Å². The third-order valence-electron chi connectivity index (χ3n) is 4.47. The molecule has 2 N–H and O–H groups in total. The SMILES string of the molecule is COC(=O)C(Cc1ccc(OC)c(OC)c1)N(N)c1ccc(C)c(C)c1. The summed E-state index contributed by atoms with van der Waals surface area (Å²) in [7, 11) is 4.51. The van der Waals surface area contributed by atoms with E-state index < -0.39 is 12.0 Å². The van der Waals surface area contributed by atoms with Crippen LogP contribution in [0.15, 0.2) is 36.4 Å². The van der Waals surface area contributed by atoms with Crippen LogP contribution in [0.4, 0.5) is 5.69 Å². The second-order valence-corrected chi connectivity index (χ2v) is 6.11. The number of ether oxygens (including phenoxy) is 3. The fourth-order valence-corrected chi connectivity index (χ4v) is 2.73. The summed E-state index contributed by atoms with van der Waals surface area (Å²) in [6.45, 7) is 4.04. The smallest absolute Gasteiger partial charge is 0.330 e.